The van der Waals surface area contributed by atoms with Crippen LogP contribution in [0.15, 0.2) is 0 Å². The number of carboxylic acid groups (broad SMARTS) is 1. The Hall–Kier alpha value is 4.53. The van der Waals surface area contributed by atoms with Crippen LogP contribution < -0.4 is 0 Å². The van der Waals surface area contributed by atoms with Crippen molar-refractivity contribution < 1.29 is 90.9 Å². The fourth-order valence-corrected chi connectivity index (χ4v) is 17.9. The van der Waals surface area contributed by atoms with Crippen molar-refractivity contribution in [2.75, 3.05) is 0 Å². The predicted molar refractivity (Wildman–Crippen MR) is 32.3 cm³/mol. The van der Waals surface area contributed by atoms with Gasteiger partial charge in [-0.2, -0.15) is 0 Å². The topological polar surface area (TPSA) is 37.3 Å². The van der Waals surface area contributed by atoms with Crippen molar-refractivity contribution in [3.8, 4) is 0 Å². The summed E-state index contributed by atoms with van der Waals surface area (Å²) in [4.78, 5) is 9.72. The van der Waals surface area contributed by atoms with Gasteiger partial charge >= 0.3 is 82.9 Å². The van der Waals surface area contributed by atoms with Crippen LogP contribution in [0.3, 0.4) is 0 Å². The summed E-state index contributed by atoms with van der Waals surface area (Å²) in [5, 5.41) is 8.04. The molecule has 1 atom stereocenters. The van der Waals surface area contributed by atoms with Gasteiger partial charge in [-0.3, -0.25) is 0 Å². The Bertz CT molecular complexity index is 75.2. The molecule has 0 aromatic carbocycles. The van der Waals surface area contributed by atoms with E-state index in [2.05, 4.69) is 0 Å². The van der Waals surface area contributed by atoms with E-state index in [1.54, 1.807) is 0 Å². The van der Waals surface area contributed by atoms with Gasteiger partial charge in [0.15, 0.2) is 0 Å². The molecule has 0 rings (SSSR count). The summed E-state index contributed by atoms with van der Waals surface area (Å²) < 4.78 is -0.468. The summed E-state index contributed by atoms with van der Waals surface area (Å²) in [6.45, 7) is 0. The first kappa shape index (κ1) is 29.3. The Morgan fingerprint density at radius 2 is 1.90 bits per heavy atom. The number of hydrogen-bond acceptors (Lipinski definition) is 1. The van der Waals surface area contributed by atoms with Gasteiger partial charge in [-0.15, -0.1) is 0 Å². The Labute approximate surface area is 146 Å². The Balaban J connectivity index is -0.0000000208. The van der Waals surface area contributed by atoms with Gasteiger partial charge in [-0.25, -0.2) is 0 Å². The first-order valence-corrected chi connectivity index (χ1v) is 29.2. The van der Waals surface area contributed by atoms with Gasteiger partial charge in [0.25, 0.3) is 0 Å². The maximum absolute atomic E-state index is 9.72. The van der Waals surface area contributed by atoms with Crippen LogP contribution in [0.4, 0.5) is 4.79 Å². The molecular formula is CH6AgAsBiCdCuO2SbZn. The SMILES string of the molecule is O=C(O)[AsH][BiH][Zn].[Ag].[Cd].[Cu].[SbH3]. The molecule has 1 N–H and O–H groups in total. The van der Waals surface area contributed by atoms with Crippen molar-refractivity contribution >= 4 is 58.7 Å². The van der Waals surface area contributed by atoms with Crippen LogP contribution in [0, 0.1) is 0 Å². The van der Waals surface area contributed by atoms with Crippen molar-refractivity contribution in [1.82, 2.24) is 0 Å². The molecular weight excluding hydrogens is 799 g/mol. The van der Waals surface area contributed by atoms with E-state index in [0.717, 1.165) is 0 Å². The molecule has 0 amide bonds. The zero-order chi connectivity index (χ0) is 4.99. The van der Waals surface area contributed by atoms with Crippen LogP contribution in [0.5, 0.6) is 0 Å². The van der Waals surface area contributed by atoms with E-state index in [4.69, 9.17) is 5.11 Å². The predicted octanol–water partition coefficient (Wildman–Crippen LogP) is -2.28. The molecule has 1 unspecified atom stereocenters. The van der Waals surface area contributed by atoms with E-state index in [0.29, 0.717) is 0 Å². The molecule has 0 fully saturated rings. The van der Waals surface area contributed by atoms with Crippen molar-refractivity contribution in [3.63, 3.8) is 0 Å². The van der Waals surface area contributed by atoms with Crippen LogP contribution in [0.25, 0.3) is 0 Å². The summed E-state index contributed by atoms with van der Waals surface area (Å²) in [6, 6.07) is 0. The normalized spacial score (nSPS) is 6.20. The third kappa shape index (κ3) is 29.4. The van der Waals surface area contributed by atoms with E-state index in [1.807, 2.05) is 0 Å². The van der Waals surface area contributed by atoms with Crippen LogP contribution in [0.2, 0.25) is 0 Å². The van der Waals surface area contributed by atoms with E-state index >= 15 is 0 Å². The van der Waals surface area contributed by atoms with Crippen LogP contribution in [0.1, 0.15) is 0 Å². The summed E-state index contributed by atoms with van der Waals surface area (Å²) >= 11 is 0.596. The van der Waals surface area contributed by atoms with Gasteiger partial charge in [0.1, 0.15) is 0 Å². The molecule has 0 saturated heterocycles. The molecule has 0 aliphatic carbocycles. The molecule has 0 aromatic heterocycles. The van der Waals surface area contributed by atoms with Crippen LogP contribution in [-0.4, -0.2) is 63.8 Å². The molecule has 10 heavy (non-hydrogen) atoms. The van der Waals surface area contributed by atoms with E-state index in [-0.39, 0.29) is 121 Å². The second-order valence-corrected chi connectivity index (χ2v) is 48.8. The molecule has 0 heterocycles. The third-order valence-electron chi connectivity index (χ3n) is 0.195. The quantitative estimate of drug-likeness (QED) is 0.320. The zero-order valence-corrected chi connectivity index (χ0v) is 24.5. The minimum absolute atomic E-state index is 0. The molecule has 0 spiro atoms. The van der Waals surface area contributed by atoms with E-state index < -0.39 is 4.76 Å². The van der Waals surface area contributed by atoms with Gasteiger partial charge in [0, 0.05) is 66.7 Å². The van der Waals surface area contributed by atoms with Gasteiger partial charge < -0.3 is 0 Å². The molecule has 0 aromatic rings. The van der Waals surface area contributed by atoms with Crippen LogP contribution >= 0.6 is 0 Å². The first-order valence-electron chi connectivity index (χ1n) is 1.28. The van der Waals surface area contributed by atoms with E-state index in [1.165, 1.54) is 14.3 Å². The summed E-state index contributed by atoms with van der Waals surface area (Å²) in [5.41, 5.74) is 0. The minimum atomic E-state index is -0.468. The van der Waals surface area contributed by atoms with Crippen molar-refractivity contribution in [2.24, 2.45) is 0 Å². The Kier molecular flexibility index (Phi) is 68.5. The fraction of sp³-hybridized carbons (Fsp3) is 0. The van der Waals surface area contributed by atoms with Gasteiger partial charge in [0.2, 0.25) is 0 Å². The van der Waals surface area contributed by atoms with Gasteiger partial charge in [0.05, 0.1) is 0 Å². The maximum atomic E-state index is 9.72. The molecule has 63 valence electrons. The monoisotopic (exact) mass is 803 g/mol. The molecule has 0 saturated carbocycles. The fourth-order valence-electron chi connectivity index (χ4n) is 0.0756. The summed E-state index contributed by atoms with van der Waals surface area (Å²) in [5.74, 6) is 0. The van der Waals surface area contributed by atoms with Gasteiger partial charge in [-0.05, 0) is 0 Å². The number of carbonyl (C=O) groups is 1. The van der Waals surface area contributed by atoms with Gasteiger partial charge in [-0.1, -0.05) is 0 Å². The average Bonchev–Trinajstić information content (AvgIpc) is 1.35. The number of hydrogen-bond donors (Lipinski definition) is 1. The third-order valence-corrected chi connectivity index (χ3v) is 25.8. The zero-order valence-electron chi connectivity index (χ0n) is 5.08. The molecule has 9 heteroatoms. The molecule has 2 nitrogen and oxygen atoms in total. The van der Waals surface area contributed by atoms with Crippen molar-refractivity contribution in [1.29, 1.82) is 0 Å². The Morgan fingerprint density at radius 3 is 1.90 bits per heavy atom. The first-order chi connectivity index (χ1) is 2.77. The second-order valence-electron chi connectivity index (χ2n) is 0.607. The molecule has 0 bridgehead atoms. The van der Waals surface area contributed by atoms with Crippen LogP contribution in [-0.2, 0) is 81.0 Å². The molecule has 0 aliphatic rings. The summed E-state index contributed by atoms with van der Waals surface area (Å²) in [7, 11) is 0. The molecule has 0 aliphatic heterocycles. The van der Waals surface area contributed by atoms with Crippen molar-refractivity contribution in [3.05, 3.63) is 0 Å². The van der Waals surface area contributed by atoms with Crippen molar-refractivity contribution in [2.45, 2.75) is 0 Å². The average molecular weight is 805 g/mol. The molecule has 2 radical (unpaired) electrons. The van der Waals surface area contributed by atoms with E-state index in [9.17, 15) is 4.79 Å². The number of rotatable bonds is 2. The Morgan fingerprint density at radius 1 is 1.60 bits per heavy atom. The second kappa shape index (κ2) is 23.4. The summed E-state index contributed by atoms with van der Waals surface area (Å²) in [6.07, 6.45) is 0. The standard InChI is InChI=1S/CH2AsO2.Ag.Bi.Cd.Cu.Sb.Zn.4H/c2-1(3)4;;;;;;;;;;/h2H,(H,3,4);;;;;;;;;;/q-1;;+1;;;;;;;;.